The molecule has 0 amide bonds. The topological polar surface area (TPSA) is 144 Å². The fourth-order valence-electron chi connectivity index (χ4n) is 6.45. The number of carbonyl (C=O) groups is 5. The van der Waals surface area contributed by atoms with Crippen molar-refractivity contribution >= 4 is 30.0 Å². The summed E-state index contributed by atoms with van der Waals surface area (Å²) in [5.74, 6) is -1.44. The molecule has 0 aliphatic rings. The summed E-state index contributed by atoms with van der Waals surface area (Å²) in [7, 11) is 0. The van der Waals surface area contributed by atoms with Crippen LogP contribution in [0.1, 0.15) is 208 Å². The van der Waals surface area contributed by atoms with Crippen LogP contribution in [-0.2, 0) is 47.6 Å². The van der Waals surface area contributed by atoms with Gasteiger partial charge in [0.2, 0.25) is 0 Å². The molecular weight excluding hydrogens is 743 g/mol. The van der Waals surface area contributed by atoms with Gasteiger partial charge in [-0.2, -0.15) is 0 Å². The summed E-state index contributed by atoms with van der Waals surface area (Å²) in [6.07, 6.45) is 20.0. The van der Waals surface area contributed by atoms with Crippen LogP contribution in [0.15, 0.2) is 0 Å². The summed E-state index contributed by atoms with van der Waals surface area (Å²) in [5, 5.41) is 0. The Kier molecular flexibility index (Phi) is 38.8. The van der Waals surface area contributed by atoms with Crippen LogP contribution < -0.4 is 0 Å². The highest BCUT2D eigenvalue weighted by molar-refractivity contribution is 5.71. The van der Waals surface area contributed by atoms with Crippen LogP contribution in [0.4, 0.5) is 4.79 Å². The van der Waals surface area contributed by atoms with Crippen molar-refractivity contribution in [3.8, 4) is 0 Å². The lowest BCUT2D eigenvalue weighted by molar-refractivity contribution is -0.167. The normalized spacial score (nSPS) is 11.7. The van der Waals surface area contributed by atoms with Crippen molar-refractivity contribution in [2.45, 2.75) is 220 Å². The second kappa shape index (κ2) is 40.9. The second-order valence-corrected chi connectivity index (χ2v) is 15.5. The van der Waals surface area contributed by atoms with Crippen LogP contribution in [0, 0.1) is 0 Å². The third kappa shape index (κ3) is 36.2. The average molecular weight is 828 g/mol. The van der Waals surface area contributed by atoms with Crippen LogP contribution in [0.2, 0.25) is 0 Å². The van der Waals surface area contributed by atoms with Gasteiger partial charge in [0.05, 0.1) is 13.2 Å². The van der Waals surface area contributed by atoms with Gasteiger partial charge >= 0.3 is 30.0 Å². The molecule has 0 saturated carbocycles. The number of unbranched alkanes of at least 4 members (excludes halogenated alkanes) is 16. The number of rotatable bonds is 41. The van der Waals surface area contributed by atoms with E-state index < -0.39 is 24.3 Å². The van der Waals surface area contributed by atoms with Crippen LogP contribution >= 0.6 is 0 Å². The lowest BCUT2D eigenvalue weighted by atomic mass is 10.0. The minimum Gasteiger partial charge on any atom is -0.466 e. The average Bonchev–Trinajstić information content (AvgIpc) is 3.21. The first-order valence-electron chi connectivity index (χ1n) is 23.4. The molecule has 0 aromatic carbocycles. The fourth-order valence-corrected chi connectivity index (χ4v) is 6.45. The maximum absolute atomic E-state index is 13.1. The first-order valence-corrected chi connectivity index (χ1v) is 23.4. The number of esters is 4. The molecule has 0 aromatic heterocycles. The lowest BCUT2D eigenvalue weighted by Gasteiger charge is -2.20. The summed E-state index contributed by atoms with van der Waals surface area (Å²) in [6, 6.07) is 0. The van der Waals surface area contributed by atoms with Crippen molar-refractivity contribution in [1.82, 2.24) is 4.90 Å². The highest BCUT2D eigenvalue weighted by Crippen LogP contribution is 2.17. The molecule has 1 atom stereocenters. The molecule has 0 aromatic rings. The molecule has 58 heavy (non-hydrogen) atoms. The van der Waals surface area contributed by atoms with Gasteiger partial charge in [-0.3, -0.25) is 19.2 Å². The molecule has 0 bridgehead atoms. The molecule has 0 heterocycles. The zero-order valence-electron chi connectivity index (χ0n) is 37.6. The van der Waals surface area contributed by atoms with Crippen LogP contribution in [0.25, 0.3) is 0 Å². The second-order valence-electron chi connectivity index (χ2n) is 15.5. The third-order valence-electron chi connectivity index (χ3n) is 10.2. The highest BCUT2D eigenvalue weighted by atomic mass is 16.7. The van der Waals surface area contributed by atoms with Gasteiger partial charge < -0.3 is 33.3 Å². The summed E-state index contributed by atoms with van der Waals surface area (Å²) in [5.41, 5.74) is 0. The molecule has 0 saturated heterocycles. The van der Waals surface area contributed by atoms with E-state index in [0.717, 1.165) is 135 Å². The van der Waals surface area contributed by atoms with Gasteiger partial charge in [0.1, 0.15) is 19.3 Å². The van der Waals surface area contributed by atoms with E-state index in [9.17, 15) is 24.0 Å². The van der Waals surface area contributed by atoms with Gasteiger partial charge in [-0.25, -0.2) is 4.79 Å². The number of hydrogen-bond donors (Lipinski definition) is 0. The maximum atomic E-state index is 13.1. The summed E-state index contributed by atoms with van der Waals surface area (Å²) >= 11 is 0. The largest absolute Gasteiger partial charge is 0.508 e. The minimum atomic E-state index is -0.944. The monoisotopic (exact) mass is 828 g/mol. The lowest BCUT2D eigenvalue weighted by Crippen LogP contribution is -2.31. The van der Waals surface area contributed by atoms with Crippen LogP contribution in [-0.4, -0.2) is 93.2 Å². The molecule has 12 nitrogen and oxygen atoms in total. The van der Waals surface area contributed by atoms with E-state index >= 15 is 0 Å². The molecule has 0 aliphatic carbocycles. The Balaban J connectivity index is 5.09. The SMILES string of the molecule is CCCCCCCC(=O)OCCCCCCCC(CCC(=O)OC(COC(=O)CCCCCCC)COC(=O)CCCCCCC)OC(=O)OCCCN(CC)CC. The maximum Gasteiger partial charge on any atom is 0.508 e. The van der Waals surface area contributed by atoms with Crippen LogP contribution in [0.3, 0.4) is 0 Å². The van der Waals surface area contributed by atoms with E-state index in [1.54, 1.807) is 0 Å². The zero-order chi connectivity index (χ0) is 42.9. The van der Waals surface area contributed by atoms with E-state index in [1.807, 2.05) is 0 Å². The van der Waals surface area contributed by atoms with Gasteiger partial charge in [0, 0.05) is 32.2 Å². The molecular formula is C46H85NO11. The van der Waals surface area contributed by atoms with E-state index in [-0.39, 0.29) is 63.4 Å². The zero-order valence-corrected chi connectivity index (χ0v) is 37.6. The molecule has 0 radical (unpaired) electrons. The molecule has 0 spiro atoms. The Bertz CT molecular complexity index is 990. The molecule has 0 rings (SSSR count). The highest BCUT2D eigenvalue weighted by Gasteiger charge is 2.22. The molecule has 0 fully saturated rings. The Morgan fingerprint density at radius 2 is 0.845 bits per heavy atom. The van der Waals surface area contributed by atoms with Crippen molar-refractivity contribution in [3.63, 3.8) is 0 Å². The van der Waals surface area contributed by atoms with Crippen molar-refractivity contribution in [1.29, 1.82) is 0 Å². The van der Waals surface area contributed by atoms with E-state index in [2.05, 4.69) is 39.5 Å². The Labute approximate surface area is 352 Å². The van der Waals surface area contributed by atoms with Gasteiger partial charge in [-0.15, -0.1) is 0 Å². The van der Waals surface area contributed by atoms with Crippen molar-refractivity contribution in [3.05, 3.63) is 0 Å². The van der Waals surface area contributed by atoms with E-state index in [4.69, 9.17) is 28.4 Å². The number of ether oxygens (including phenoxy) is 6. The van der Waals surface area contributed by atoms with Crippen molar-refractivity contribution < 1.29 is 52.4 Å². The van der Waals surface area contributed by atoms with Gasteiger partial charge in [-0.1, -0.05) is 131 Å². The smallest absolute Gasteiger partial charge is 0.466 e. The van der Waals surface area contributed by atoms with E-state index in [0.29, 0.717) is 25.9 Å². The number of hydrogen-bond acceptors (Lipinski definition) is 12. The summed E-state index contributed by atoms with van der Waals surface area (Å²) in [6.45, 7) is 13.5. The Hall–Kier alpha value is -2.89. The molecule has 0 aliphatic heterocycles. The van der Waals surface area contributed by atoms with E-state index in [1.165, 1.54) is 12.8 Å². The predicted octanol–water partition coefficient (Wildman–Crippen LogP) is 11.0. The number of nitrogens with zero attached hydrogens (tertiary/aromatic N) is 1. The van der Waals surface area contributed by atoms with Gasteiger partial charge in [-0.05, 0) is 64.5 Å². The molecule has 12 heteroatoms. The third-order valence-corrected chi connectivity index (χ3v) is 10.2. The first kappa shape index (κ1) is 55.1. The summed E-state index contributed by atoms with van der Waals surface area (Å²) < 4.78 is 33.0. The predicted molar refractivity (Wildman–Crippen MR) is 228 cm³/mol. The van der Waals surface area contributed by atoms with Gasteiger partial charge in [0.15, 0.2) is 6.10 Å². The standard InChI is InChI=1S/C46H85NO11/c1-6-11-14-18-24-30-42(48)53-36-27-22-17-21-23-29-40(58-46(52)54-37-28-35-47(9-4)10-5)33-34-45(51)57-41(38-55-43(49)31-25-19-15-12-7-2)39-56-44(50)32-26-20-16-13-8-3/h40-41H,6-39H2,1-5H3. The number of carbonyl (C=O) groups excluding carboxylic acids is 5. The minimum absolute atomic E-state index is 0.0445. The van der Waals surface area contributed by atoms with Crippen molar-refractivity contribution in [2.24, 2.45) is 0 Å². The fraction of sp³-hybridized carbons (Fsp3) is 0.891. The summed E-state index contributed by atoms with van der Waals surface area (Å²) in [4.78, 5) is 64.9. The van der Waals surface area contributed by atoms with Gasteiger partial charge in [0.25, 0.3) is 0 Å². The van der Waals surface area contributed by atoms with Crippen molar-refractivity contribution in [2.75, 3.05) is 46.1 Å². The molecule has 0 N–H and O–H groups in total. The first-order chi connectivity index (χ1) is 28.2. The Morgan fingerprint density at radius 1 is 0.397 bits per heavy atom. The Morgan fingerprint density at radius 3 is 1.36 bits per heavy atom. The molecule has 340 valence electrons. The van der Waals surface area contributed by atoms with Crippen LogP contribution in [0.5, 0.6) is 0 Å². The molecule has 1 unspecified atom stereocenters. The quantitative estimate of drug-likeness (QED) is 0.0328.